The zero-order chi connectivity index (χ0) is 24.8. The molecule has 0 aromatic heterocycles. The third kappa shape index (κ3) is 5.94. The van der Waals surface area contributed by atoms with E-state index in [0.29, 0.717) is 18.7 Å². The van der Waals surface area contributed by atoms with Gasteiger partial charge in [0.05, 0.1) is 4.90 Å². The number of sulfonamides is 1. The van der Waals surface area contributed by atoms with E-state index in [4.69, 9.17) is 9.39 Å². The Morgan fingerprint density at radius 1 is 0.943 bits per heavy atom. The average Bonchev–Trinajstić information content (AvgIpc) is 3.18. The fraction of sp³-hybridized carbons (Fsp3) is 0.296. The fourth-order valence-corrected chi connectivity index (χ4v) is 5.82. The maximum atomic E-state index is 13.6. The molecule has 1 fully saturated rings. The Morgan fingerprint density at radius 3 is 2.29 bits per heavy atom. The molecule has 0 bridgehead atoms. The maximum absolute atomic E-state index is 13.6. The Hall–Kier alpha value is -3.10. The van der Waals surface area contributed by atoms with Crippen LogP contribution in [0.1, 0.15) is 36.5 Å². The van der Waals surface area contributed by atoms with E-state index in [2.05, 4.69) is 0 Å². The largest absolute Gasteiger partial charge is 0.518 e. The summed E-state index contributed by atoms with van der Waals surface area (Å²) in [5.74, 6) is 0.197. The number of unbranched alkanes of at least 4 members (excludes halogenated alkanes) is 1. The number of ether oxygens (including phenoxy) is 1. The molecule has 0 spiro atoms. The van der Waals surface area contributed by atoms with Crippen molar-refractivity contribution in [3.63, 3.8) is 0 Å². The van der Waals surface area contributed by atoms with Crippen molar-refractivity contribution in [2.45, 2.75) is 57.0 Å². The molecule has 0 radical (unpaired) electrons. The average molecular weight is 491 g/mol. The lowest BCUT2D eigenvalue weighted by Gasteiger charge is -2.24. The normalized spacial score (nSPS) is 16.3. The Balaban J connectivity index is 1.53. The van der Waals surface area contributed by atoms with Gasteiger partial charge in [0.1, 0.15) is 18.4 Å². The molecule has 3 aromatic rings. The molecule has 0 saturated carbocycles. The van der Waals surface area contributed by atoms with Gasteiger partial charge in [0.15, 0.2) is 0 Å². The van der Waals surface area contributed by atoms with Crippen molar-refractivity contribution in [1.29, 1.82) is 0 Å². The minimum Gasteiger partial charge on any atom is -0.518 e. The fourth-order valence-electron chi connectivity index (χ4n) is 4.15. The molecule has 1 aliphatic heterocycles. The van der Waals surface area contributed by atoms with Crippen molar-refractivity contribution in [1.82, 2.24) is 4.22 Å². The number of hydrogen-bond donors (Lipinski definition) is 0. The molecule has 182 valence electrons. The summed E-state index contributed by atoms with van der Waals surface area (Å²) in [7, 11) is -4.72. The van der Waals surface area contributed by atoms with Crippen LogP contribution >= 0.6 is 0 Å². The topological polar surface area (TPSA) is 72.9 Å². The van der Waals surface area contributed by atoms with E-state index in [9.17, 15) is 13.2 Å². The van der Waals surface area contributed by atoms with Crippen LogP contribution in [0.3, 0.4) is 0 Å². The number of benzene rings is 3. The maximum Gasteiger partial charge on any atom is 0.466 e. The Morgan fingerprint density at radius 2 is 1.63 bits per heavy atom. The Kier molecular flexibility index (Phi) is 7.93. The summed E-state index contributed by atoms with van der Waals surface area (Å²) in [6.45, 7) is 4.38. The second kappa shape index (κ2) is 11.1. The molecule has 0 unspecified atom stereocenters. The molecule has 0 aliphatic carbocycles. The highest BCUT2D eigenvalue weighted by molar-refractivity contribution is 7.90. The van der Waals surface area contributed by atoms with Gasteiger partial charge >= 0.3 is 13.0 Å². The van der Waals surface area contributed by atoms with Gasteiger partial charge in [-0.05, 0) is 55.1 Å². The number of carbonyl (C=O) groups excluding carboxylic acids is 1. The van der Waals surface area contributed by atoms with Crippen LogP contribution in [0.25, 0.3) is 0 Å². The minimum atomic E-state index is -3.92. The third-order valence-electron chi connectivity index (χ3n) is 6.12. The molecule has 3 aromatic carbocycles. The van der Waals surface area contributed by atoms with Crippen LogP contribution in [0, 0.1) is 6.92 Å². The van der Waals surface area contributed by atoms with Crippen molar-refractivity contribution in [2.24, 2.45) is 0 Å². The van der Waals surface area contributed by atoms with E-state index in [0.717, 1.165) is 29.5 Å². The van der Waals surface area contributed by atoms with Gasteiger partial charge in [-0.25, -0.2) is 8.42 Å². The molecule has 1 atom stereocenters. The second-order valence-corrected chi connectivity index (χ2v) is 10.7. The Labute approximate surface area is 208 Å². The van der Waals surface area contributed by atoms with Crippen molar-refractivity contribution < 1.29 is 22.6 Å². The van der Waals surface area contributed by atoms with Gasteiger partial charge in [-0.1, -0.05) is 79.9 Å². The van der Waals surface area contributed by atoms with Crippen LogP contribution in [-0.2, 0) is 32.5 Å². The van der Waals surface area contributed by atoms with Crippen LogP contribution in [-0.4, -0.2) is 31.7 Å². The molecule has 35 heavy (non-hydrogen) atoms. The molecular weight excluding hydrogens is 461 g/mol. The number of hydrogen-bond acceptors (Lipinski definition) is 5. The third-order valence-corrected chi connectivity index (χ3v) is 8.03. The van der Waals surface area contributed by atoms with E-state index >= 15 is 0 Å². The lowest BCUT2D eigenvalue weighted by molar-refractivity contribution is -0.134. The smallest absolute Gasteiger partial charge is 0.466 e. The van der Waals surface area contributed by atoms with Crippen molar-refractivity contribution in [3.8, 4) is 5.75 Å². The van der Waals surface area contributed by atoms with Gasteiger partial charge in [-0.15, -0.1) is 0 Å². The highest BCUT2D eigenvalue weighted by Gasteiger charge is 2.52. The first kappa shape index (κ1) is 25.0. The van der Waals surface area contributed by atoms with E-state index < -0.39 is 29.1 Å². The molecule has 0 N–H and O–H groups in total. The van der Waals surface area contributed by atoms with E-state index in [1.54, 1.807) is 24.3 Å². The summed E-state index contributed by atoms with van der Waals surface area (Å²) in [4.78, 5) is 13.0. The predicted octanol–water partition coefficient (Wildman–Crippen LogP) is 5.02. The van der Waals surface area contributed by atoms with Gasteiger partial charge in [0.25, 0.3) is 0 Å². The van der Waals surface area contributed by atoms with Gasteiger partial charge in [-0.3, -0.25) is 4.79 Å². The van der Waals surface area contributed by atoms with E-state index in [1.165, 1.54) is 4.22 Å². The molecule has 4 rings (SSSR count). The summed E-state index contributed by atoms with van der Waals surface area (Å²) in [6, 6.07) is 23.1. The van der Waals surface area contributed by atoms with Crippen molar-refractivity contribution >= 4 is 23.0 Å². The summed E-state index contributed by atoms with van der Waals surface area (Å²) in [5, 5.41) is 0. The van der Waals surface area contributed by atoms with Gasteiger partial charge in [-0.2, -0.15) is 4.22 Å². The van der Waals surface area contributed by atoms with Crippen molar-refractivity contribution in [3.05, 3.63) is 95.6 Å². The van der Waals surface area contributed by atoms with Crippen LogP contribution in [0.5, 0.6) is 5.75 Å². The van der Waals surface area contributed by atoms with Gasteiger partial charge in [0.2, 0.25) is 10.0 Å². The van der Waals surface area contributed by atoms with Crippen LogP contribution < -0.4 is 4.74 Å². The highest BCUT2D eigenvalue weighted by Crippen LogP contribution is 2.30. The predicted molar refractivity (Wildman–Crippen MR) is 136 cm³/mol. The first-order valence-electron chi connectivity index (χ1n) is 11.9. The van der Waals surface area contributed by atoms with Gasteiger partial charge < -0.3 is 9.39 Å². The highest BCUT2D eigenvalue weighted by atomic mass is 32.2. The molecule has 1 aliphatic rings. The summed E-state index contributed by atoms with van der Waals surface area (Å²) >= 11 is 0. The Bertz CT molecular complexity index is 1230. The second-order valence-electron chi connectivity index (χ2n) is 8.82. The SMILES string of the molecule is CCCCB1OC(=O)[C@H](Cc2ccc(OCc3ccccc3)cc2)N1S(=O)(=O)c1ccc(C)cc1. The standard InChI is InChI=1S/C27H30BNO5S/c1-3-4-18-28-29(35(31,32)25-16-10-21(2)11-17-25)26(27(30)34-28)19-22-12-14-24(15-13-22)33-20-23-8-6-5-7-9-23/h5-17,26H,3-4,18-20H2,1-2H3/t26-/m0/s1. The lowest BCUT2D eigenvalue weighted by Crippen LogP contribution is -2.46. The number of aryl methyl sites for hydroxylation is 1. The summed E-state index contributed by atoms with van der Waals surface area (Å²) < 4.78 is 39.9. The lowest BCUT2D eigenvalue weighted by atomic mass is 9.77. The van der Waals surface area contributed by atoms with Crippen LogP contribution in [0.15, 0.2) is 83.8 Å². The van der Waals surface area contributed by atoms with Gasteiger partial charge in [0, 0.05) is 0 Å². The monoisotopic (exact) mass is 491 g/mol. The van der Waals surface area contributed by atoms with Crippen LogP contribution in [0.2, 0.25) is 6.32 Å². The molecule has 6 nitrogen and oxygen atoms in total. The zero-order valence-electron chi connectivity index (χ0n) is 20.1. The molecule has 1 heterocycles. The minimum absolute atomic E-state index is 0.164. The number of rotatable bonds is 10. The first-order chi connectivity index (χ1) is 16.9. The zero-order valence-corrected chi connectivity index (χ0v) is 20.9. The summed E-state index contributed by atoms with van der Waals surface area (Å²) in [6.07, 6.45) is 2.33. The van der Waals surface area contributed by atoms with E-state index in [-0.39, 0.29) is 11.3 Å². The molecular formula is C27H30BNO5S. The van der Waals surface area contributed by atoms with Crippen molar-refractivity contribution in [2.75, 3.05) is 0 Å². The summed E-state index contributed by atoms with van der Waals surface area (Å²) in [5.41, 5.74) is 2.87. The molecule has 1 saturated heterocycles. The first-order valence-corrected chi connectivity index (χ1v) is 13.4. The molecule has 0 amide bonds. The number of nitrogens with zero attached hydrogens (tertiary/aromatic N) is 1. The number of carbonyl (C=O) groups is 1. The molecule has 8 heteroatoms. The van der Waals surface area contributed by atoms with E-state index in [1.807, 2.05) is 68.4 Å². The quantitative estimate of drug-likeness (QED) is 0.373. The van der Waals surface area contributed by atoms with Crippen LogP contribution in [0.4, 0.5) is 0 Å².